The average Bonchev–Trinajstić information content (AvgIpc) is 3.81. The van der Waals surface area contributed by atoms with Crippen LogP contribution in [-0.4, -0.2) is 32.8 Å². The maximum absolute atomic E-state index is 6.17. The first-order chi connectivity index (χ1) is 29.3. The number of imidazole rings is 1. The number of para-hydroxylation sites is 2. The third-order valence-corrected chi connectivity index (χ3v) is 15.7. The summed E-state index contributed by atoms with van der Waals surface area (Å²) in [5.74, 6) is 9.55. The topological polar surface area (TPSA) is 56.7 Å². The van der Waals surface area contributed by atoms with Crippen molar-refractivity contribution in [2.75, 3.05) is 0 Å². The zero-order valence-corrected chi connectivity index (χ0v) is 42.1. The number of aryl methyl sites for hydroxylation is 1. The summed E-state index contributed by atoms with van der Waals surface area (Å²) in [6, 6.07) is 49.1. The fourth-order valence-corrected chi connectivity index (χ4v) is 11.7. The number of pyridine rings is 2. The molecule has 0 aliphatic rings. The number of rotatable bonds is 9. The molecule has 0 atom stereocenters. The Morgan fingerprint density at radius 2 is 1.39 bits per heavy atom. The van der Waals surface area contributed by atoms with Crippen molar-refractivity contribution in [3.8, 4) is 39.5 Å². The van der Waals surface area contributed by atoms with Gasteiger partial charge in [0.05, 0.1) is 16.9 Å². The maximum atomic E-state index is 6.17. The summed E-state index contributed by atoms with van der Waals surface area (Å²) < 4.78 is 10.0. The van der Waals surface area contributed by atoms with Crippen LogP contribution in [0, 0.1) is 25.0 Å². The normalized spacial score (nSPS) is 11.8. The van der Waals surface area contributed by atoms with E-state index in [1.807, 2.05) is 31.2 Å². The van der Waals surface area contributed by atoms with Gasteiger partial charge in [0, 0.05) is 25.8 Å². The molecule has 9 rings (SSSR count). The van der Waals surface area contributed by atoms with E-state index in [0.29, 0.717) is 23.5 Å². The Morgan fingerprint density at radius 3 is 2.05 bits per heavy atom. The molecular weight excluding hydrogens is 997 g/mol. The van der Waals surface area contributed by atoms with Crippen LogP contribution in [-0.2, 0) is 26.5 Å². The Morgan fingerprint density at radius 1 is 0.694 bits per heavy atom. The summed E-state index contributed by atoms with van der Waals surface area (Å²) in [6.45, 7) is 15.7. The van der Waals surface area contributed by atoms with Crippen LogP contribution in [0.5, 0.6) is 0 Å². The predicted octanol–water partition coefficient (Wildman–Crippen LogP) is 14.3. The monoisotopic (exact) mass is 1060 g/mol. The van der Waals surface area contributed by atoms with Gasteiger partial charge in [-0.2, -0.15) is 0 Å². The molecule has 0 N–H and O–H groups in total. The Hall–Kier alpha value is -5.14. The molecule has 0 aliphatic carbocycles. The summed E-state index contributed by atoms with van der Waals surface area (Å²) >= 11 is -1.99. The van der Waals surface area contributed by atoms with Crippen molar-refractivity contribution in [1.29, 1.82) is 0 Å². The molecule has 0 unspecified atom stereocenters. The molecule has 4 aromatic heterocycles. The predicted molar refractivity (Wildman–Crippen MR) is 259 cm³/mol. The minimum Gasteiger partial charge on any atom is 0 e. The second-order valence-electron chi connectivity index (χ2n) is 18.3. The van der Waals surface area contributed by atoms with Crippen LogP contribution in [0.15, 0.2) is 132 Å². The van der Waals surface area contributed by atoms with Gasteiger partial charge in [-0.25, -0.2) is 0 Å². The van der Waals surface area contributed by atoms with Gasteiger partial charge in [0.1, 0.15) is 0 Å². The molecule has 9 aromatic rings. The van der Waals surface area contributed by atoms with Crippen molar-refractivity contribution in [2.45, 2.75) is 84.0 Å². The average molecular weight is 1050 g/mol. The Balaban J connectivity index is 0.000000186. The number of furan rings is 1. The Kier molecular flexibility index (Phi) is 13.5. The van der Waals surface area contributed by atoms with Crippen LogP contribution in [0.25, 0.3) is 72.6 Å². The minimum atomic E-state index is -1.99. The molecule has 5 nitrogen and oxygen atoms in total. The number of nitrogens with zero attached hydrogens (tertiary/aromatic N) is 4. The molecule has 5 aromatic carbocycles. The third kappa shape index (κ3) is 9.15. The van der Waals surface area contributed by atoms with Crippen molar-refractivity contribution in [3.05, 3.63) is 162 Å². The van der Waals surface area contributed by atoms with Gasteiger partial charge in [-0.1, -0.05) is 70.2 Å². The van der Waals surface area contributed by atoms with E-state index in [1.54, 1.807) is 0 Å². The standard InChI is InChI=1S/C31H29N2.C24H27GeN2O.Ir/c1-21(2)26-19-25(23-13-7-5-8-14-23)20-27(22(3)4)30(26)33-29-18-12-11-17-28(29)32-31(33)24-15-9-6-10-16-24;1-15(2)12-17-13-22(26-14-21(17)25(4,5)6)20-9-7-8-18-19-11-10-16(3)27-24(19)28-23(18)20;/h5-15,17-22H,1-4H3;7-8,10-11,13-15H,12H2,1-6H3;/q2*-1;. The summed E-state index contributed by atoms with van der Waals surface area (Å²) in [7, 11) is 0. The van der Waals surface area contributed by atoms with Crippen LogP contribution in [0.4, 0.5) is 0 Å². The van der Waals surface area contributed by atoms with E-state index in [-0.39, 0.29) is 20.1 Å². The van der Waals surface area contributed by atoms with Gasteiger partial charge < -0.3 is 4.57 Å². The van der Waals surface area contributed by atoms with E-state index in [2.05, 4.69) is 184 Å². The molecule has 0 bridgehead atoms. The van der Waals surface area contributed by atoms with Crippen molar-refractivity contribution in [1.82, 2.24) is 19.5 Å². The second kappa shape index (κ2) is 18.7. The zero-order valence-electron chi connectivity index (χ0n) is 37.6. The van der Waals surface area contributed by atoms with Crippen LogP contribution >= 0.6 is 0 Å². The molecule has 0 saturated carbocycles. The number of fused-ring (bicyclic) bond motifs is 4. The van der Waals surface area contributed by atoms with E-state index in [1.165, 1.54) is 37.9 Å². The van der Waals surface area contributed by atoms with Crippen LogP contribution in [0.1, 0.15) is 75.8 Å². The first kappa shape index (κ1) is 44.9. The first-order valence-corrected chi connectivity index (χ1v) is 29.0. The molecule has 4 heterocycles. The number of hydrogen-bond acceptors (Lipinski definition) is 4. The fraction of sp³-hybridized carbons (Fsp3) is 0.255. The van der Waals surface area contributed by atoms with Gasteiger partial charge in [0.15, 0.2) is 0 Å². The summed E-state index contributed by atoms with van der Waals surface area (Å²) in [4.78, 5) is 14.5. The molecule has 0 spiro atoms. The fourth-order valence-electron chi connectivity index (χ4n) is 8.40. The second-order valence-corrected chi connectivity index (χ2v) is 28.9. The summed E-state index contributed by atoms with van der Waals surface area (Å²) in [6.07, 6.45) is 3.19. The van der Waals surface area contributed by atoms with Crippen LogP contribution in [0.3, 0.4) is 0 Å². The van der Waals surface area contributed by atoms with E-state index in [0.717, 1.165) is 62.1 Å². The summed E-state index contributed by atoms with van der Waals surface area (Å²) in [5.41, 5.74) is 15.3. The third-order valence-electron chi connectivity index (χ3n) is 11.4. The van der Waals surface area contributed by atoms with Crippen molar-refractivity contribution in [2.24, 2.45) is 5.92 Å². The SMILES string of the molecule is CC(C)c1cc(-c2ccccc2)cc(C(C)C)c1-n1c(-c2[c-]cccc2)nc2ccccc21.Cc1ccc2c(n1)oc1c(-c3cc(CC(C)C)[c]([Ge]([CH3])([CH3])[CH3])cn3)[c-]ccc12.[Ir]. The van der Waals surface area contributed by atoms with Crippen molar-refractivity contribution < 1.29 is 24.5 Å². The number of aromatic nitrogens is 4. The van der Waals surface area contributed by atoms with Gasteiger partial charge in [-0.15, -0.1) is 35.9 Å². The van der Waals surface area contributed by atoms with E-state index < -0.39 is 13.3 Å². The zero-order chi connectivity index (χ0) is 43.0. The maximum Gasteiger partial charge on any atom is 0 e. The summed E-state index contributed by atoms with van der Waals surface area (Å²) in [5, 5.41) is 2.11. The van der Waals surface area contributed by atoms with E-state index in [9.17, 15) is 0 Å². The van der Waals surface area contributed by atoms with Crippen LogP contribution < -0.4 is 4.40 Å². The molecule has 0 saturated heterocycles. The number of benzene rings is 5. The van der Waals surface area contributed by atoms with E-state index in [4.69, 9.17) is 14.4 Å². The molecule has 1 radical (unpaired) electrons. The molecule has 0 amide bonds. The smallest absolute Gasteiger partial charge is 0 e. The van der Waals surface area contributed by atoms with Gasteiger partial charge in [0.25, 0.3) is 0 Å². The molecule has 62 heavy (non-hydrogen) atoms. The van der Waals surface area contributed by atoms with Gasteiger partial charge in [0.2, 0.25) is 0 Å². The largest absolute Gasteiger partial charge is 0 e. The Bertz CT molecular complexity index is 2950. The van der Waals surface area contributed by atoms with E-state index >= 15 is 0 Å². The van der Waals surface area contributed by atoms with Crippen molar-refractivity contribution >= 4 is 50.8 Å². The van der Waals surface area contributed by atoms with Gasteiger partial charge in [-0.3, -0.25) is 4.98 Å². The van der Waals surface area contributed by atoms with Gasteiger partial charge in [-0.05, 0) is 58.4 Å². The van der Waals surface area contributed by atoms with Crippen molar-refractivity contribution in [3.63, 3.8) is 0 Å². The molecule has 0 fully saturated rings. The minimum absolute atomic E-state index is 0. The molecule has 7 heteroatoms. The first-order valence-electron chi connectivity index (χ1n) is 21.7. The van der Waals surface area contributed by atoms with Gasteiger partial charge >= 0.3 is 170 Å². The molecule has 317 valence electrons. The molecule has 0 aliphatic heterocycles. The van der Waals surface area contributed by atoms with Crippen LogP contribution in [0.2, 0.25) is 17.3 Å². The quantitative estimate of drug-likeness (QED) is 0.107. The Labute approximate surface area is 383 Å². The number of hydrogen-bond donors (Lipinski definition) is 0. The molecular formula is C55H56GeIrN4O-2.